The SMILES string of the molecule is CNC(=O)C1=CC=CC=CC1. The first kappa shape index (κ1) is 7.79. The molecule has 0 radical (unpaired) electrons. The first-order valence-corrected chi connectivity index (χ1v) is 3.59. The maximum Gasteiger partial charge on any atom is 0.247 e. The molecular formula is C9H11NO. The zero-order valence-corrected chi connectivity index (χ0v) is 6.50. The lowest BCUT2D eigenvalue weighted by molar-refractivity contribution is -0.117. The van der Waals surface area contributed by atoms with E-state index in [9.17, 15) is 4.79 Å². The van der Waals surface area contributed by atoms with Crippen molar-refractivity contribution in [1.29, 1.82) is 0 Å². The number of rotatable bonds is 1. The van der Waals surface area contributed by atoms with Crippen LogP contribution in [-0.2, 0) is 4.79 Å². The van der Waals surface area contributed by atoms with E-state index in [4.69, 9.17) is 0 Å². The Labute approximate surface area is 66.3 Å². The Balaban J connectivity index is 2.72. The van der Waals surface area contributed by atoms with Crippen molar-refractivity contribution in [3.63, 3.8) is 0 Å². The van der Waals surface area contributed by atoms with E-state index in [2.05, 4.69) is 5.32 Å². The summed E-state index contributed by atoms with van der Waals surface area (Å²) < 4.78 is 0. The van der Waals surface area contributed by atoms with Crippen LogP contribution in [0, 0.1) is 0 Å². The van der Waals surface area contributed by atoms with Gasteiger partial charge in [-0.1, -0.05) is 30.4 Å². The molecule has 0 bridgehead atoms. The van der Waals surface area contributed by atoms with Crippen LogP contribution in [0.15, 0.2) is 36.0 Å². The third-order valence-electron chi connectivity index (χ3n) is 1.51. The number of hydrogen-bond acceptors (Lipinski definition) is 1. The number of nitrogens with one attached hydrogen (secondary N) is 1. The first-order chi connectivity index (χ1) is 5.34. The second-order valence-electron chi connectivity index (χ2n) is 2.29. The van der Waals surface area contributed by atoms with E-state index in [1.807, 2.05) is 30.4 Å². The van der Waals surface area contributed by atoms with E-state index in [1.54, 1.807) is 7.05 Å². The average Bonchev–Trinajstić information content (AvgIpc) is 2.30. The van der Waals surface area contributed by atoms with E-state index < -0.39 is 0 Å². The van der Waals surface area contributed by atoms with Gasteiger partial charge in [0, 0.05) is 12.6 Å². The number of likely N-dealkylation sites (N-methyl/N-ethyl adjacent to an activating group) is 1. The topological polar surface area (TPSA) is 29.1 Å². The Morgan fingerprint density at radius 2 is 2.27 bits per heavy atom. The molecule has 0 aromatic rings. The maximum absolute atomic E-state index is 11.1. The minimum Gasteiger partial charge on any atom is -0.355 e. The summed E-state index contributed by atoms with van der Waals surface area (Å²) in [5.74, 6) is 0.00111. The molecule has 58 valence electrons. The summed E-state index contributed by atoms with van der Waals surface area (Å²) in [6, 6.07) is 0. The van der Waals surface area contributed by atoms with Gasteiger partial charge >= 0.3 is 0 Å². The Kier molecular flexibility index (Phi) is 2.66. The van der Waals surface area contributed by atoms with Crippen LogP contribution in [0.3, 0.4) is 0 Å². The van der Waals surface area contributed by atoms with Crippen molar-refractivity contribution >= 4 is 5.91 Å². The molecule has 0 heterocycles. The van der Waals surface area contributed by atoms with Crippen LogP contribution in [0.4, 0.5) is 0 Å². The molecule has 11 heavy (non-hydrogen) atoms. The molecule has 0 atom stereocenters. The minimum absolute atomic E-state index is 0.00111. The van der Waals surface area contributed by atoms with Crippen molar-refractivity contribution in [2.45, 2.75) is 6.42 Å². The smallest absolute Gasteiger partial charge is 0.247 e. The Hall–Kier alpha value is -1.31. The molecule has 0 aromatic heterocycles. The van der Waals surface area contributed by atoms with Crippen LogP contribution in [0.5, 0.6) is 0 Å². The highest BCUT2D eigenvalue weighted by atomic mass is 16.1. The van der Waals surface area contributed by atoms with Gasteiger partial charge in [0.15, 0.2) is 0 Å². The van der Waals surface area contributed by atoms with Gasteiger partial charge in [-0.3, -0.25) is 4.79 Å². The number of carbonyl (C=O) groups excluding carboxylic acids is 1. The summed E-state index contributed by atoms with van der Waals surface area (Å²) in [6.45, 7) is 0. The van der Waals surface area contributed by atoms with Crippen LogP contribution in [0.2, 0.25) is 0 Å². The predicted octanol–water partition coefficient (Wildman–Crippen LogP) is 1.17. The molecule has 0 spiro atoms. The van der Waals surface area contributed by atoms with E-state index in [0.29, 0.717) is 6.42 Å². The number of amides is 1. The van der Waals surface area contributed by atoms with Gasteiger partial charge in [0.05, 0.1) is 0 Å². The summed E-state index contributed by atoms with van der Waals surface area (Å²) in [5.41, 5.74) is 0.803. The molecule has 2 nitrogen and oxygen atoms in total. The fraction of sp³-hybridized carbons (Fsp3) is 0.222. The fourth-order valence-corrected chi connectivity index (χ4v) is 0.906. The molecule has 1 aliphatic rings. The van der Waals surface area contributed by atoms with E-state index >= 15 is 0 Å². The van der Waals surface area contributed by atoms with Gasteiger partial charge in [-0.15, -0.1) is 0 Å². The molecule has 0 saturated carbocycles. The number of carbonyl (C=O) groups is 1. The molecule has 1 aliphatic carbocycles. The van der Waals surface area contributed by atoms with Crippen molar-refractivity contribution in [3.05, 3.63) is 36.0 Å². The lowest BCUT2D eigenvalue weighted by Crippen LogP contribution is -2.19. The van der Waals surface area contributed by atoms with Crippen molar-refractivity contribution < 1.29 is 4.79 Å². The van der Waals surface area contributed by atoms with Crippen molar-refractivity contribution in [2.75, 3.05) is 7.05 Å². The number of hydrogen-bond donors (Lipinski definition) is 1. The average molecular weight is 149 g/mol. The van der Waals surface area contributed by atoms with Gasteiger partial charge in [-0.2, -0.15) is 0 Å². The summed E-state index contributed by atoms with van der Waals surface area (Å²) in [4.78, 5) is 11.1. The van der Waals surface area contributed by atoms with E-state index in [0.717, 1.165) is 5.57 Å². The second kappa shape index (κ2) is 3.76. The quantitative estimate of drug-likeness (QED) is 0.595. The Morgan fingerprint density at radius 3 is 3.00 bits per heavy atom. The highest BCUT2D eigenvalue weighted by Gasteiger charge is 2.03. The monoisotopic (exact) mass is 149 g/mol. The van der Waals surface area contributed by atoms with Gasteiger partial charge in [0.1, 0.15) is 0 Å². The highest BCUT2D eigenvalue weighted by molar-refractivity contribution is 5.93. The van der Waals surface area contributed by atoms with Crippen molar-refractivity contribution in [2.24, 2.45) is 0 Å². The maximum atomic E-state index is 11.1. The van der Waals surface area contributed by atoms with E-state index in [1.165, 1.54) is 0 Å². The predicted molar refractivity (Wildman–Crippen MR) is 45.0 cm³/mol. The van der Waals surface area contributed by atoms with Crippen LogP contribution >= 0.6 is 0 Å². The molecule has 2 heteroatoms. The minimum atomic E-state index is 0.00111. The fourth-order valence-electron chi connectivity index (χ4n) is 0.906. The molecule has 0 unspecified atom stereocenters. The van der Waals surface area contributed by atoms with E-state index in [-0.39, 0.29) is 5.91 Å². The zero-order valence-electron chi connectivity index (χ0n) is 6.50. The summed E-state index contributed by atoms with van der Waals surface area (Å²) in [7, 11) is 1.64. The number of allylic oxidation sites excluding steroid dienone is 5. The molecule has 0 fully saturated rings. The Morgan fingerprint density at radius 1 is 1.45 bits per heavy atom. The molecule has 0 aliphatic heterocycles. The first-order valence-electron chi connectivity index (χ1n) is 3.59. The Bertz CT molecular complexity index is 236. The molecule has 1 rings (SSSR count). The van der Waals surface area contributed by atoms with Gasteiger partial charge in [-0.05, 0) is 6.42 Å². The third kappa shape index (κ3) is 2.08. The lowest BCUT2D eigenvalue weighted by atomic mass is 10.1. The van der Waals surface area contributed by atoms with Crippen LogP contribution < -0.4 is 5.32 Å². The summed E-state index contributed by atoms with van der Waals surface area (Å²) in [6.07, 6.45) is 10.2. The molecule has 1 N–H and O–H groups in total. The van der Waals surface area contributed by atoms with Crippen LogP contribution in [-0.4, -0.2) is 13.0 Å². The van der Waals surface area contributed by atoms with Gasteiger partial charge < -0.3 is 5.32 Å². The summed E-state index contributed by atoms with van der Waals surface area (Å²) in [5, 5.41) is 2.59. The molecule has 0 aromatic carbocycles. The van der Waals surface area contributed by atoms with Gasteiger partial charge in [0.2, 0.25) is 5.91 Å². The van der Waals surface area contributed by atoms with Gasteiger partial charge in [-0.25, -0.2) is 0 Å². The molecule has 0 saturated heterocycles. The highest BCUT2D eigenvalue weighted by Crippen LogP contribution is 2.06. The van der Waals surface area contributed by atoms with Crippen LogP contribution in [0.25, 0.3) is 0 Å². The standard InChI is InChI=1S/C9H11NO/c1-10-9(11)8-6-4-2-3-5-7-8/h2-6H,7H2,1H3,(H,10,11). The summed E-state index contributed by atoms with van der Waals surface area (Å²) >= 11 is 0. The largest absolute Gasteiger partial charge is 0.355 e. The second-order valence-corrected chi connectivity index (χ2v) is 2.29. The van der Waals surface area contributed by atoms with Crippen LogP contribution in [0.1, 0.15) is 6.42 Å². The van der Waals surface area contributed by atoms with Crippen molar-refractivity contribution in [3.8, 4) is 0 Å². The zero-order chi connectivity index (χ0) is 8.10. The molecular weight excluding hydrogens is 138 g/mol. The lowest BCUT2D eigenvalue weighted by Gasteiger charge is -1.99. The third-order valence-corrected chi connectivity index (χ3v) is 1.51. The van der Waals surface area contributed by atoms with Crippen molar-refractivity contribution in [1.82, 2.24) is 5.32 Å². The normalized spacial score (nSPS) is 15.5. The van der Waals surface area contributed by atoms with Gasteiger partial charge in [0.25, 0.3) is 0 Å². The molecule has 1 amide bonds.